The minimum absolute atomic E-state index is 0.131. The zero-order valence-corrected chi connectivity index (χ0v) is 11.4. The first-order valence-electron chi connectivity index (χ1n) is 6.19. The number of halogens is 1. The van der Waals surface area contributed by atoms with Crippen molar-refractivity contribution in [3.05, 3.63) is 16.4 Å². The summed E-state index contributed by atoms with van der Waals surface area (Å²) in [5.74, 6) is 1.16. The average molecular weight is 255 g/mol. The van der Waals surface area contributed by atoms with E-state index in [-0.39, 0.29) is 5.92 Å². The molecule has 17 heavy (non-hydrogen) atoms. The Morgan fingerprint density at radius 1 is 1.53 bits per heavy atom. The largest absolute Gasteiger partial charge is 0.299 e. The number of carbonyl (C=O) groups is 1. The molecule has 3 nitrogen and oxygen atoms in total. The van der Waals surface area contributed by atoms with Gasteiger partial charge in [0.15, 0.2) is 0 Å². The van der Waals surface area contributed by atoms with Gasteiger partial charge in [0.1, 0.15) is 5.78 Å². The van der Waals surface area contributed by atoms with E-state index >= 15 is 0 Å². The van der Waals surface area contributed by atoms with Crippen molar-refractivity contribution < 1.29 is 4.79 Å². The molecule has 0 saturated heterocycles. The van der Waals surface area contributed by atoms with Gasteiger partial charge >= 0.3 is 0 Å². The van der Waals surface area contributed by atoms with E-state index in [4.69, 9.17) is 11.6 Å². The molecule has 2 unspecified atom stereocenters. The minimum atomic E-state index is 0.131. The molecule has 0 spiro atoms. The van der Waals surface area contributed by atoms with Crippen molar-refractivity contribution in [1.29, 1.82) is 0 Å². The van der Waals surface area contributed by atoms with Gasteiger partial charge in [-0.2, -0.15) is 5.10 Å². The van der Waals surface area contributed by atoms with E-state index in [0.717, 1.165) is 42.1 Å². The highest BCUT2D eigenvalue weighted by Gasteiger charge is 2.28. The van der Waals surface area contributed by atoms with Crippen molar-refractivity contribution in [2.24, 2.45) is 18.9 Å². The van der Waals surface area contributed by atoms with E-state index in [1.54, 1.807) is 0 Å². The van der Waals surface area contributed by atoms with E-state index < -0.39 is 0 Å². The van der Waals surface area contributed by atoms with Crippen LogP contribution in [0.1, 0.15) is 37.6 Å². The lowest BCUT2D eigenvalue weighted by molar-refractivity contribution is -0.125. The van der Waals surface area contributed by atoms with Crippen LogP contribution < -0.4 is 0 Å². The summed E-state index contributed by atoms with van der Waals surface area (Å²) in [5.41, 5.74) is 1.84. The van der Waals surface area contributed by atoms with Gasteiger partial charge in [-0.15, -0.1) is 0 Å². The summed E-state index contributed by atoms with van der Waals surface area (Å²) in [6.45, 7) is 4.12. The molecule has 1 heterocycles. The Labute approximate surface area is 107 Å². The highest BCUT2D eigenvalue weighted by atomic mass is 35.5. The number of rotatable bonds is 2. The third-order valence-electron chi connectivity index (χ3n) is 3.73. The Bertz CT molecular complexity index is 439. The lowest BCUT2D eigenvalue weighted by Gasteiger charge is -2.25. The van der Waals surface area contributed by atoms with Crippen LogP contribution in [0.25, 0.3) is 0 Å². The molecular weight excluding hydrogens is 236 g/mol. The molecule has 1 saturated carbocycles. The number of Topliss-reactive ketones (excluding diaryl/α,β-unsaturated/α-hetero) is 1. The standard InChI is InChI=1S/C13H19ClN2O/c1-8-4-5-12(17)10(6-8)7-11-13(14)9(2)15-16(11)3/h8,10H,4-7H2,1-3H3. The Morgan fingerprint density at radius 3 is 2.82 bits per heavy atom. The van der Waals surface area contributed by atoms with Gasteiger partial charge in [-0.05, 0) is 25.7 Å². The van der Waals surface area contributed by atoms with E-state index in [2.05, 4.69) is 12.0 Å². The summed E-state index contributed by atoms with van der Waals surface area (Å²) in [7, 11) is 1.89. The second kappa shape index (κ2) is 4.81. The first-order valence-corrected chi connectivity index (χ1v) is 6.57. The van der Waals surface area contributed by atoms with Gasteiger partial charge < -0.3 is 0 Å². The summed E-state index contributed by atoms with van der Waals surface area (Å²) in [6.07, 6.45) is 3.48. The number of aromatic nitrogens is 2. The number of aryl methyl sites for hydroxylation is 2. The molecule has 0 bridgehead atoms. The predicted molar refractivity (Wildman–Crippen MR) is 68.2 cm³/mol. The van der Waals surface area contributed by atoms with Crippen LogP contribution in [0.3, 0.4) is 0 Å². The number of nitrogens with zero attached hydrogens (tertiary/aromatic N) is 2. The van der Waals surface area contributed by atoms with Gasteiger partial charge in [0, 0.05) is 25.8 Å². The first-order chi connectivity index (χ1) is 7.99. The molecule has 1 fully saturated rings. The fourth-order valence-corrected chi connectivity index (χ4v) is 2.90. The molecule has 1 aliphatic carbocycles. The lowest BCUT2D eigenvalue weighted by Crippen LogP contribution is -2.26. The molecule has 2 rings (SSSR count). The third kappa shape index (κ3) is 2.54. The molecule has 1 aliphatic rings. The fraction of sp³-hybridized carbons (Fsp3) is 0.692. The van der Waals surface area contributed by atoms with Crippen LogP contribution in [0.4, 0.5) is 0 Å². The van der Waals surface area contributed by atoms with Gasteiger partial charge in [0.2, 0.25) is 0 Å². The maximum absolute atomic E-state index is 11.9. The average Bonchev–Trinajstić information content (AvgIpc) is 2.50. The molecular formula is C13H19ClN2O. The normalized spacial score (nSPS) is 25.3. The smallest absolute Gasteiger partial charge is 0.136 e. The van der Waals surface area contributed by atoms with Crippen molar-refractivity contribution in [3.8, 4) is 0 Å². The van der Waals surface area contributed by atoms with Crippen molar-refractivity contribution in [2.45, 2.75) is 39.5 Å². The summed E-state index contributed by atoms with van der Waals surface area (Å²) in [6, 6.07) is 0. The highest BCUT2D eigenvalue weighted by Crippen LogP contribution is 2.31. The zero-order chi connectivity index (χ0) is 12.6. The summed E-state index contributed by atoms with van der Waals surface area (Å²) < 4.78 is 1.81. The Morgan fingerprint density at radius 2 is 2.24 bits per heavy atom. The molecule has 1 aromatic rings. The van der Waals surface area contributed by atoms with Crippen LogP contribution in [-0.2, 0) is 18.3 Å². The van der Waals surface area contributed by atoms with Crippen molar-refractivity contribution in [1.82, 2.24) is 9.78 Å². The Kier molecular flexibility index (Phi) is 3.57. The first kappa shape index (κ1) is 12.6. The topological polar surface area (TPSA) is 34.9 Å². The van der Waals surface area contributed by atoms with E-state index in [1.807, 2.05) is 18.7 Å². The van der Waals surface area contributed by atoms with Gasteiger partial charge in [-0.3, -0.25) is 9.48 Å². The second-order valence-corrected chi connectivity index (χ2v) is 5.59. The van der Waals surface area contributed by atoms with Crippen LogP contribution in [0.2, 0.25) is 5.02 Å². The molecule has 0 radical (unpaired) electrons. The highest BCUT2D eigenvalue weighted by molar-refractivity contribution is 6.31. The maximum atomic E-state index is 11.9. The Hall–Kier alpha value is -0.830. The molecule has 4 heteroatoms. The molecule has 0 N–H and O–H groups in total. The van der Waals surface area contributed by atoms with E-state index in [1.165, 1.54) is 0 Å². The van der Waals surface area contributed by atoms with Crippen molar-refractivity contribution in [3.63, 3.8) is 0 Å². The number of hydrogen-bond acceptors (Lipinski definition) is 2. The van der Waals surface area contributed by atoms with Gasteiger partial charge in [0.25, 0.3) is 0 Å². The SMILES string of the molecule is Cc1nn(C)c(CC2CC(C)CCC2=O)c1Cl. The number of carbonyl (C=O) groups excluding carboxylic acids is 1. The van der Waals surface area contributed by atoms with Gasteiger partial charge in [-0.1, -0.05) is 18.5 Å². The molecule has 94 valence electrons. The molecule has 1 aromatic heterocycles. The van der Waals surface area contributed by atoms with Crippen molar-refractivity contribution in [2.75, 3.05) is 0 Å². The molecule has 0 aromatic carbocycles. The van der Waals surface area contributed by atoms with Crippen LogP contribution in [0.15, 0.2) is 0 Å². The van der Waals surface area contributed by atoms with E-state index in [9.17, 15) is 4.79 Å². The molecule has 0 aliphatic heterocycles. The maximum Gasteiger partial charge on any atom is 0.136 e. The predicted octanol–water partition coefficient (Wildman–Crippen LogP) is 2.93. The van der Waals surface area contributed by atoms with Crippen LogP contribution >= 0.6 is 11.6 Å². The second-order valence-electron chi connectivity index (χ2n) is 5.22. The zero-order valence-electron chi connectivity index (χ0n) is 10.7. The van der Waals surface area contributed by atoms with Crippen LogP contribution in [-0.4, -0.2) is 15.6 Å². The quantitative estimate of drug-likeness (QED) is 0.813. The monoisotopic (exact) mass is 254 g/mol. The van der Waals surface area contributed by atoms with Crippen LogP contribution in [0.5, 0.6) is 0 Å². The van der Waals surface area contributed by atoms with Gasteiger partial charge in [0.05, 0.1) is 16.4 Å². The summed E-state index contributed by atoms with van der Waals surface area (Å²) >= 11 is 6.22. The van der Waals surface area contributed by atoms with Gasteiger partial charge in [-0.25, -0.2) is 0 Å². The number of ketones is 1. The molecule has 2 atom stereocenters. The number of hydrogen-bond donors (Lipinski definition) is 0. The van der Waals surface area contributed by atoms with Crippen molar-refractivity contribution >= 4 is 17.4 Å². The lowest BCUT2D eigenvalue weighted by atomic mass is 9.79. The van der Waals surface area contributed by atoms with E-state index in [0.29, 0.717) is 11.7 Å². The van der Waals surface area contributed by atoms with Crippen LogP contribution in [0, 0.1) is 18.8 Å². The fourth-order valence-electron chi connectivity index (χ4n) is 2.66. The Balaban J connectivity index is 2.17. The minimum Gasteiger partial charge on any atom is -0.299 e. The molecule has 0 amide bonds. The third-order valence-corrected chi connectivity index (χ3v) is 4.22. The summed E-state index contributed by atoms with van der Waals surface area (Å²) in [5, 5.41) is 5.01. The summed E-state index contributed by atoms with van der Waals surface area (Å²) in [4.78, 5) is 11.9.